The molecule has 1 aromatic carbocycles. The van der Waals surface area contributed by atoms with Crippen LogP contribution < -0.4 is 5.73 Å². The second kappa shape index (κ2) is 5.97. The minimum atomic E-state index is -0.299. The zero-order valence-electron chi connectivity index (χ0n) is 11.1. The molecule has 1 amide bonds. The summed E-state index contributed by atoms with van der Waals surface area (Å²) in [7, 11) is 0. The molecule has 102 valence electrons. The van der Waals surface area contributed by atoms with Crippen molar-refractivity contribution in [2.75, 3.05) is 6.54 Å². The van der Waals surface area contributed by atoms with Gasteiger partial charge in [0.05, 0.1) is 0 Å². The minimum Gasteiger partial charge on any atom is -0.336 e. The molecule has 2 unspecified atom stereocenters. The fourth-order valence-electron chi connectivity index (χ4n) is 2.41. The van der Waals surface area contributed by atoms with Crippen LogP contribution in [-0.2, 0) is 4.79 Å². The van der Waals surface area contributed by atoms with Gasteiger partial charge in [0.2, 0.25) is 5.91 Å². The van der Waals surface area contributed by atoms with Gasteiger partial charge in [-0.1, -0.05) is 12.1 Å². The summed E-state index contributed by atoms with van der Waals surface area (Å²) in [6.45, 7) is 2.70. The van der Waals surface area contributed by atoms with Gasteiger partial charge in [0, 0.05) is 24.7 Å². The van der Waals surface area contributed by atoms with Crippen LogP contribution in [0.3, 0.4) is 0 Å². The molecule has 2 rings (SSSR count). The molecule has 0 bridgehead atoms. The molecule has 0 aromatic heterocycles. The van der Waals surface area contributed by atoms with Gasteiger partial charge < -0.3 is 10.6 Å². The van der Waals surface area contributed by atoms with Crippen LogP contribution >= 0.6 is 0 Å². The first-order valence-electron chi connectivity index (χ1n) is 6.56. The van der Waals surface area contributed by atoms with Gasteiger partial charge in [-0.3, -0.25) is 4.79 Å². The molecule has 2 atom stereocenters. The van der Waals surface area contributed by atoms with Gasteiger partial charge in [0.15, 0.2) is 0 Å². The third-order valence-electron chi connectivity index (χ3n) is 3.47. The molecule has 4 heteroatoms. The molecule has 1 aliphatic rings. The fourth-order valence-corrected chi connectivity index (χ4v) is 2.41. The molecule has 1 aliphatic heterocycles. The molecule has 19 heavy (non-hydrogen) atoms. The van der Waals surface area contributed by atoms with Crippen LogP contribution in [0.1, 0.15) is 25.3 Å². The van der Waals surface area contributed by atoms with Crippen molar-refractivity contribution in [2.45, 2.75) is 31.8 Å². The summed E-state index contributed by atoms with van der Waals surface area (Å²) >= 11 is 0. The summed E-state index contributed by atoms with van der Waals surface area (Å²) in [5.74, 6) is -0.337. The SMILES string of the molecule is CC1CC(N)CCN1C(=O)C=Cc1cccc(F)c1. The average molecular weight is 262 g/mol. The largest absolute Gasteiger partial charge is 0.336 e. The highest BCUT2D eigenvalue weighted by molar-refractivity contribution is 5.92. The standard InChI is InChI=1S/C15H19FN2O/c1-11-9-14(17)7-8-18(11)15(19)6-5-12-3-2-4-13(16)10-12/h2-6,10-11,14H,7-9,17H2,1H3. The van der Waals surface area contributed by atoms with Crippen molar-refractivity contribution in [1.82, 2.24) is 4.90 Å². The Morgan fingerprint density at radius 1 is 1.53 bits per heavy atom. The Morgan fingerprint density at radius 2 is 2.32 bits per heavy atom. The molecule has 0 spiro atoms. The van der Waals surface area contributed by atoms with Crippen LogP contribution in [0.2, 0.25) is 0 Å². The quantitative estimate of drug-likeness (QED) is 0.830. The third kappa shape index (κ3) is 3.64. The predicted molar refractivity (Wildman–Crippen MR) is 73.8 cm³/mol. The van der Waals surface area contributed by atoms with Crippen molar-refractivity contribution < 1.29 is 9.18 Å². The van der Waals surface area contributed by atoms with Gasteiger partial charge in [-0.2, -0.15) is 0 Å². The zero-order valence-corrected chi connectivity index (χ0v) is 11.1. The number of nitrogens with zero attached hydrogens (tertiary/aromatic N) is 1. The van der Waals surface area contributed by atoms with E-state index in [0.717, 1.165) is 12.8 Å². The predicted octanol–water partition coefficient (Wildman–Crippen LogP) is 2.18. The van der Waals surface area contributed by atoms with Crippen molar-refractivity contribution >= 4 is 12.0 Å². The van der Waals surface area contributed by atoms with E-state index in [0.29, 0.717) is 12.1 Å². The number of amides is 1. The number of likely N-dealkylation sites (tertiary alicyclic amines) is 1. The first-order valence-corrected chi connectivity index (χ1v) is 6.56. The topological polar surface area (TPSA) is 46.3 Å². The van der Waals surface area contributed by atoms with Gasteiger partial charge in [-0.05, 0) is 43.5 Å². The maximum atomic E-state index is 13.0. The lowest BCUT2D eigenvalue weighted by Gasteiger charge is -2.35. The molecular weight excluding hydrogens is 243 g/mol. The summed E-state index contributed by atoms with van der Waals surface area (Å²) in [5, 5.41) is 0. The van der Waals surface area contributed by atoms with Crippen LogP contribution in [0.25, 0.3) is 6.08 Å². The van der Waals surface area contributed by atoms with Gasteiger partial charge in [0.1, 0.15) is 5.82 Å². The first kappa shape index (κ1) is 13.7. The van der Waals surface area contributed by atoms with E-state index in [9.17, 15) is 9.18 Å². The molecule has 2 N–H and O–H groups in total. The lowest BCUT2D eigenvalue weighted by Crippen LogP contribution is -2.47. The lowest BCUT2D eigenvalue weighted by atomic mass is 9.99. The van der Waals surface area contributed by atoms with Gasteiger partial charge in [-0.15, -0.1) is 0 Å². The number of hydrogen-bond donors (Lipinski definition) is 1. The van der Waals surface area contributed by atoms with Crippen molar-refractivity contribution in [3.8, 4) is 0 Å². The van der Waals surface area contributed by atoms with E-state index in [4.69, 9.17) is 5.73 Å². The van der Waals surface area contributed by atoms with Gasteiger partial charge in [-0.25, -0.2) is 4.39 Å². The number of hydrogen-bond acceptors (Lipinski definition) is 2. The van der Waals surface area contributed by atoms with E-state index in [2.05, 4.69) is 0 Å². The third-order valence-corrected chi connectivity index (χ3v) is 3.47. The number of carbonyl (C=O) groups excluding carboxylic acids is 1. The molecule has 1 heterocycles. The van der Waals surface area contributed by atoms with Crippen molar-refractivity contribution in [1.29, 1.82) is 0 Å². The Balaban J connectivity index is 2.01. The minimum absolute atomic E-state index is 0.0383. The van der Waals surface area contributed by atoms with Crippen LogP contribution in [0.4, 0.5) is 4.39 Å². The normalized spacial score (nSPS) is 23.8. The lowest BCUT2D eigenvalue weighted by molar-refractivity contribution is -0.129. The number of benzene rings is 1. The van der Waals surface area contributed by atoms with Crippen molar-refractivity contribution in [2.24, 2.45) is 5.73 Å². The highest BCUT2D eigenvalue weighted by atomic mass is 19.1. The van der Waals surface area contributed by atoms with Crippen molar-refractivity contribution in [3.63, 3.8) is 0 Å². The first-order chi connectivity index (χ1) is 9.06. The number of rotatable bonds is 2. The van der Waals surface area contributed by atoms with E-state index in [-0.39, 0.29) is 23.8 Å². The highest BCUT2D eigenvalue weighted by Gasteiger charge is 2.25. The summed E-state index contributed by atoms with van der Waals surface area (Å²) in [5.41, 5.74) is 6.56. The van der Waals surface area contributed by atoms with E-state index >= 15 is 0 Å². The van der Waals surface area contributed by atoms with E-state index in [1.807, 2.05) is 11.8 Å². The highest BCUT2D eigenvalue weighted by Crippen LogP contribution is 2.16. The van der Waals surface area contributed by atoms with Gasteiger partial charge >= 0.3 is 0 Å². The molecule has 0 aliphatic carbocycles. The smallest absolute Gasteiger partial charge is 0.246 e. The van der Waals surface area contributed by atoms with Crippen LogP contribution in [-0.4, -0.2) is 29.4 Å². The van der Waals surface area contributed by atoms with Crippen molar-refractivity contribution in [3.05, 3.63) is 41.7 Å². The summed E-state index contributed by atoms with van der Waals surface area (Å²) < 4.78 is 13.0. The maximum Gasteiger partial charge on any atom is 0.246 e. The molecular formula is C15H19FN2O. The van der Waals surface area contributed by atoms with E-state index in [1.165, 1.54) is 18.2 Å². The number of piperidine rings is 1. The van der Waals surface area contributed by atoms with E-state index < -0.39 is 0 Å². The van der Waals surface area contributed by atoms with Crippen LogP contribution in [0.15, 0.2) is 30.3 Å². The number of nitrogens with two attached hydrogens (primary N) is 1. The summed E-state index contributed by atoms with van der Waals surface area (Å²) in [4.78, 5) is 13.9. The van der Waals surface area contributed by atoms with Gasteiger partial charge in [0.25, 0.3) is 0 Å². The summed E-state index contributed by atoms with van der Waals surface area (Å²) in [6, 6.07) is 6.52. The van der Waals surface area contributed by atoms with E-state index in [1.54, 1.807) is 18.2 Å². The molecule has 0 radical (unpaired) electrons. The average Bonchev–Trinajstić information content (AvgIpc) is 2.36. The molecule has 1 fully saturated rings. The maximum absolute atomic E-state index is 13.0. The Bertz CT molecular complexity index is 487. The zero-order chi connectivity index (χ0) is 13.8. The molecule has 0 saturated carbocycles. The second-order valence-corrected chi connectivity index (χ2v) is 5.05. The molecule has 1 saturated heterocycles. The monoisotopic (exact) mass is 262 g/mol. The molecule has 1 aromatic rings. The van der Waals surface area contributed by atoms with Crippen LogP contribution in [0, 0.1) is 5.82 Å². The Labute approximate surface area is 112 Å². The number of halogens is 1. The Morgan fingerprint density at radius 3 is 3.00 bits per heavy atom. The van der Waals surface area contributed by atoms with Crippen LogP contribution in [0.5, 0.6) is 0 Å². The number of carbonyl (C=O) groups is 1. The fraction of sp³-hybridized carbons (Fsp3) is 0.400. The Hall–Kier alpha value is -1.68. The summed E-state index contributed by atoms with van der Waals surface area (Å²) in [6.07, 6.45) is 4.82. The molecule has 3 nitrogen and oxygen atoms in total. The second-order valence-electron chi connectivity index (χ2n) is 5.05. The Kier molecular flexibility index (Phi) is 4.32.